The summed E-state index contributed by atoms with van der Waals surface area (Å²) in [4.78, 5) is 8.23. The molecule has 0 unspecified atom stereocenters. The van der Waals surface area contributed by atoms with Crippen LogP contribution in [0.5, 0.6) is 0 Å². The molecule has 1 saturated heterocycles. The lowest BCUT2D eigenvalue weighted by molar-refractivity contribution is 0.0706. The van der Waals surface area contributed by atoms with Crippen LogP contribution in [0.2, 0.25) is 10.4 Å². The molecule has 106 valence electrons. The number of oxime groups is 1. The van der Waals surface area contributed by atoms with Crippen LogP contribution in [-0.2, 0) is 4.74 Å². The number of nitrogens with zero attached hydrogens (tertiary/aromatic N) is 4. The molecule has 2 aromatic heterocycles. The first-order chi connectivity index (χ1) is 9.72. The van der Waals surface area contributed by atoms with Crippen LogP contribution in [0.3, 0.4) is 0 Å². The van der Waals surface area contributed by atoms with E-state index in [4.69, 9.17) is 33.1 Å². The highest BCUT2D eigenvalue weighted by Gasteiger charge is 2.24. The Morgan fingerprint density at radius 1 is 1.40 bits per heavy atom. The molecule has 0 amide bonds. The Kier molecular flexibility index (Phi) is 3.78. The molecule has 1 aliphatic heterocycles. The highest BCUT2D eigenvalue weighted by molar-refractivity contribution is 6.34. The number of hydrogen-bond donors (Lipinski definition) is 1. The lowest BCUT2D eigenvalue weighted by Crippen LogP contribution is -2.20. The van der Waals surface area contributed by atoms with E-state index in [1.165, 1.54) is 6.21 Å². The quantitative estimate of drug-likeness (QED) is 0.400. The smallest absolute Gasteiger partial charge is 0.224 e. The molecule has 0 atom stereocenters. The van der Waals surface area contributed by atoms with Gasteiger partial charge in [-0.25, -0.2) is 4.98 Å². The summed E-state index contributed by atoms with van der Waals surface area (Å²) in [5, 5.41) is 13.2. The summed E-state index contributed by atoms with van der Waals surface area (Å²) >= 11 is 12.3. The molecule has 1 fully saturated rings. The lowest BCUT2D eigenvalue weighted by Gasteiger charge is -2.24. The van der Waals surface area contributed by atoms with E-state index in [0.717, 1.165) is 12.8 Å². The predicted octanol–water partition coefficient (Wildman–Crippen LogP) is 2.90. The zero-order valence-corrected chi connectivity index (χ0v) is 12.0. The van der Waals surface area contributed by atoms with Gasteiger partial charge >= 0.3 is 0 Å². The third-order valence-electron chi connectivity index (χ3n) is 3.43. The predicted molar refractivity (Wildman–Crippen MR) is 76.0 cm³/mol. The maximum atomic E-state index is 8.79. The Balaban J connectivity index is 2.23. The molecule has 0 bridgehead atoms. The van der Waals surface area contributed by atoms with Gasteiger partial charge in [-0.05, 0) is 24.4 Å². The van der Waals surface area contributed by atoms with Gasteiger partial charge in [-0.15, -0.1) is 0 Å². The van der Waals surface area contributed by atoms with E-state index in [1.807, 2.05) is 4.57 Å². The van der Waals surface area contributed by atoms with Gasteiger partial charge in [0, 0.05) is 36.4 Å². The second-order valence-corrected chi connectivity index (χ2v) is 5.23. The minimum Gasteiger partial charge on any atom is -0.411 e. The average molecular weight is 315 g/mol. The molecule has 20 heavy (non-hydrogen) atoms. The molecule has 8 heteroatoms. The first kappa shape index (κ1) is 13.6. The zero-order chi connectivity index (χ0) is 14.1. The van der Waals surface area contributed by atoms with Crippen LogP contribution < -0.4 is 0 Å². The third kappa shape index (κ3) is 2.24. The summed E-state index contributed by atoms with van der Waals surface area (Å²) in [7, 11) is 0. The van der Waals surface area contributed by atoms with Gasteiger partial charge in [0.15, 0.2) is 0 Å². The topological polar surface area (TPSA) is 72.5 Å². The van der Waals surface area contributed by atoms with Crippen molar-refractivity contribution in [1.29, 1.82) is 0 Å². The van der Waals surface area contributed by atoms with Gasteiger partial charge in [0.05, 0.1) is 6.21 Å². The molecule has 3 rings (SSSR count). The molecule has 6 nitrogen and oxygen atoms in total. The molecular weight excluding hydrogens is 303 g/mol. The maximum absolute atomic E-state index is 8.79. The van der Waals surface area contributed by atoms with Crippen molar-refractivity contribution >= 4 is 40.4 Å². The fourth-order valence-electron chi connectivity index (χ4n) is 2.52. The van der Waals surface area contributed by atoms with E-state index in [0.29, 0.717) is 35.0 Å². The second-order valence-electron chi connectivity index (χ2n) is 4.54. The van der Waals surface area contributed by atoms with Crippen LogP contribution in [0.15, 0.2) is 11.4 Å². The number of halogens is 2. The molecule has 1 aliphatic rings. The van der Waals surface area contributed by atoms with Crippen LogP contribution in [0.25, 0.3) is 11.0 Å². The first-order valence-corrected chi connectivity index (χ1v) is 6.95. The molecule has 0 aromatic carbocycles. The summed E-state index contributed by atoms with van der Waals surface area (Å²) in [5.74, 6) is 0. The van der Waals surface area contributed by atoms with Crippen molar-refractivity contribution in [2.45, 2.75) is 18.9 Å². The van der Waals surface area contributed by atoms with Crippen molar-refractivity contribution in [2.24, 2.45) is 5.16 Å². The van der Waals surface area contributed by atoms with E-state index in [1.54, 1.807) is 6.20 Å². The molecule has 0 radical (unpaired) electrons. The van der Waals surface area contributed by atoms with Gasteiger partial charge in [-0.1, -0.05) is 16.8 Å². The largest absolute Gasteiger partial charge is 0.411 e. The number of rotatable bonds is 2. The Morgan fingerprint density at radius 3 is 2.85 bits per heavy atom. The number of fused-ring (bicyclic) bond motifs is 1. The van der Waals surface area contributed by atoms with Crippen LogP contribution in [0, 0.1) is 0 Å². The van der Waals surface area contributed by atoms with E-state index >= 15 is 0 Å². The van der Waals surface area contributed by atoms with Crippen molar-refractivity contribution in [1.82, 2.24) is 14.5 Å². The molecule has 1 N–H and O–H groups in total. The highest BCUT2D eigenvalue weighted by Crippen LogP contribution is 2.34. The summed E-state index contributed by atoms with van der Waals surface area (Å²) in [6, 6.07) is 0.186. The van der Waals surface area contributed by atoms with E-state index in [-0.39, 0.29) is 11.3 Å². The van der Waals surface area contributed by atoms with E-state index in [9.17, 15) is 0 Å². The Labute approximate surface area is 125 Å². The fraction of sp³-hybridized carbons (Fsp3) is 0.417. The third-order valence-corrected chi connectivity index (χ3v) is 4.00. The van der Waals surface area contributed by atoms with Gasteiger partial charge in [0.2, 0.25) is 5.28 Å². The maximum Gasteiger partial charge on any atom is 0.224 e. The van der Waals surface area contributed by atoms with Crippen molar-refractivity contribution in [2.75, 3.05) is 13.2 Å². The van der Waals surface area contributed by atoms with Gasteiger partial charge in [-0.3, -0.25) is 0 Å². The number of ether oxygens (including phenoxy) is 1. The zero-order valence-electron chi connectivity index (χ0n) is 10.5. The number of hydrogen-bond acceptors (Lipinski definition) is 5. The second kappa shape index (κ2) is 5.55. The minimum absolute atomic E-state index is 0.160. The van der Waals surface area contributed by atoms with E-state index < -0.39 is 0 Å². The Bertz CT molecular complexity index is 665. The summed E-state index contributed by atoms with van der Waals surface area (Å²) in [5.41, 5.74) is 1.24. The van der Waals surface area contributed by atoms with Crippen LogP contribution in [0.1, 0.15) is 24.4 Å². The van der Waals surface area contributed by atoms with Crippen LogP contribution in [-0.4, -0.2) is 39.2 Å². The van der Waals surface area contributed by atoms with E-state index in [2.05, 4.69) is 15.1 Å². The van der Waals surface area contributed by atoms with Crippen molar-refractivity contribution in [3.8, 4) is 0 Å². The SMILES string of the molecule is O/N=C/c1c(Cl)n(C2CCOCC2)c2nc(Cl)ncc12. The fourth-order valence-corrected chi connectivity index (χ4v) is 3.01. The summed E-state index contributed by atoms with van der Waals surface area (Å²) in [6.45, 7) is 1.37. The molecular formula is C12H12Cl2N4O2. The van der Waals surface area contributed by atoms with Crippen LogP contribution in [0.4, 0.5) is 0 Å². The first-order valence-electron chi connectivity index (χ1n) is 6.19. The summed E-state index contributed by atoms with van der Waals surface area (Å²) in [6.07, 6.45) is 4.57. The monoisotopic (exact) mass is 314 g/mol. The standard InChI is InChI=1S/C12H12Cl2N4O2/c13-10-8(6-16-19)9-5-15-12(14)17-11(9)18(10)7-1-3-20-4-2-7/h5-7,19H,1-4H2/b16-6+. The van der Waals surface area contributed by atoms with Gasteiger partial charge in [0.1, 0.15) is 10.8 Å². The average Bonchev–Trinajstić information content (AvgIpc) is 2.72. The van der Waals surface area contributed by atoms with Crippen LogP contribution >= 0.6 is 23.2 Å². The Morgan fingerprint density at radius 2 is 2.15 bits per heavy atom. The number of aromatic nitrogens is 3. The Hall–Kier alpha value is -1.37. The van der Waals surface area contributed by atoms with Gasteiger partial charge < -0.3 is 14.5 Å². The highest BCUT2D eigenvalue weighted by atomic mass is 35.5. The molecule has 2 aromatic rings. The molecule has 0 spiro atoms. The minimum atomic E-state index is 0.160. The molecule has 0 saturated carbocycles. The lowest BCUT2D eigenvalue weighted by atomic mass is 10.1. The van der Waals surface area contributed by atoms with Crippen molar-refractivity contribution in [3.63, 3.8) is 0 Å². The normalized spacial score (nSPS) is 17.3. The molecule has 3 heterocycles. The van der Waals surface area contributed by atoms with Gasteiger partial charge in [0.25, 0.3) is 0 Å². The van der Waals surface area contributed by atoms with Crippen molar-refractivity contribution < 1.29 is 9.94 Å². The molecule has 0 aliphatic carbocycles. The van der Waals surface area contributed by atoms with Gasteiger partial charge in [-0.2, -0.15) is 4.98 Å². The summed E-state index contributed by atoms with van der Waals surface area (Å²) < 4.78 is 7.29. The van der Waals surface area contributed by atoms with Crippen molar-refractivity contribution in [3.05, 3.63) is 22.2 Å².